The van der Waals surface area contributed by atoms with Crippen molar-refractivity contribution >= 4 is 5.69 Å². The van der Waals surface area contributed by atoms with Gasteiger partial charge in [0.1, 0.15) is 13.2 Å². The van der Waals surface area contributed by atoms with Crippen LogP contribution in [0.25, 0.3) is 0 Å². The number of nitrogens with zero attached hydrogens (tertiary/aromatic N) is 2. The predicted molar refractivity (Wildman–Crippen MR) is 72.6 cm³/mol. The van der Waals surface area contributed by atoms with Crippen LogP contribution in [0.2, 0.25) is 0 Å². The van der Waals surface area contributed by atoms with Crippen molar-refractivity contribution in [2.24, 2.45) is 0 Å². The van der Waals surface area contributed by atoms with Crippen LogP contribution in [0.5, 0.6) is 11.5 Å². The van der Waals surface area contributed by atoms with Gasteiger partial charge in [-0.05, 0) is 26.0 Å². The number of nitrogens with two attached hydrogens (primary N) is 1. The number of hydrogen-bond acceptors (Lipinski definition) is 4. The van der Waals surface area contributed by atoms with Crippen molar-refractivity contribution in [3.8, 4) is 11.5 Å². The van der Waals surface area contributed by atoms with Crippen molar-refractivity contribution in [2.45, 2.75) is 20.4 Å². The van der Waals surface area contributed by atoms with Gasteiger partial charge in [-0.3, -0.25) is 4.68 Å². The van der Waals surface area contributed by atoms with Crippen molar-refractivity contribution in [3.05, 3.63) is 35.2 Å². The first kappa shape index (κ1) is 11.9. The van der Waals surface area contributed by atoms with Gasteiger partial charge in [-0.1, -0.05) is 0 Å². The normalized spacial score (nSPS) is 13.6. The molecule has 0 saturated heterocycles. The van der Waals surface area contributed by atoms with Gasteiger partial charge < -0.3 is 15.2 Å². The van der Waals surface area contributed by atoms with E-state index in [1.807, 2.05) is 36.7 Å². The summed E-state index contributed by atoms with van der Waals surface area (Å²) in [4.78, 5) is 0. The van der Waals surface area contributed by atoms with Crippen LogP contribution >= 0.6 is 0 Å². The monoisotopic (exact) mass is 259 g/mol. The maximum atomic E-state index is 6.07. The first-order valence-corrected chi connectivity index (χ1v) is 6.32. The first-order valence-electron chi connectivity index (χ1n) is 6.32. The molecule has 2 N–H and O–H groups in total. The van der Waals surface area contributed by atoms with E-state index in [4.69, 9.17) is 15.2 Å². The van der Waals surface area contributed by atoms with Crippen LogP contribution in [-0.2, 0) is 6.54 Å². The van der Waals surface area contributed by atoms with E-state index in [9.17, 15) is 0 Å². The molecule has 1 aliphatic rings. The van der Waals surface area contributed by atoms with Gasteiger partial charge in [-0.15, -0.1) is 0 Å². The lowest BCUT2D eigenvalue weighted by Crippen LogP contribution is -2.16. The first-order chi connectivity index (χ1) is 9.13. The minimum absolute atomic E-state index is 0.573. The van der Waals surface area contributed by atoms with Crippen molar-refractivity contribution in [2.75, 3.05) is 18.9 Å². The zero-order valence-corrected chi connectivity index (χ0v) is 11.1. The van der Waals surface area contributed by atoms with Gasteiger partial charge in [0.25, 0.3) is 0 Å². The van der Waals surface area contributed by atoms with Crippen molar-refractivity contribution in [1.82, 2.24) is 9.78 Å². The fraction of sp³-hybridized carbons (Fsp3) is 0.357. The highest BCUT2D eigenvalue weighted by Crippen LogP contribution is 2.34. The lowest BCUT2D eigenvalue weighted by Gasteiger charge is -2.20. The van der Waals surface area contributed by atoms with E-state index < -0.39 is 0 Å². The van der Waals surface area contributed by atoms with E-state index in [1.54, 1.807) is 0 Å². The maximum absolute atomic E-state index is 6.07. The zero-order valence-electron chi connectivity index (χ0n) is 11.1. The average Bonchev–Trinajstić information content (AvgIpc) is 2.69. The molecule has 0 aliphatic carbocycles. The SMILES string of the molecule is Cc1cc(C)n(Cc2cc3c(cc2N)OCCO3)n1. The highest BCUT2D eigenvalue weighted by Gasteiger charge is 2.15. The van der Waals surface area contributed by atoms with Gasteiger partial charge in [0.05, 0.1) is 12.2 Å². The summed E-state index contributed by atoms with van der Waals surface area (Å²) in [5, 5.41) is 4.45. The van der Waals surface area contributed by atoms with Crippen LogP contribution in [0.3, 0.4) is 0 Å². The summed E-state index contributed by atoms with van der Waals surface area (Å²) in [6.45, 7) is 5.81. The molecule has 0 atom stereocenters. The smallest absolute Gasteiger partial charge is 0.163 e. The molecule has 100 valence electrons. The number of fused-ring (bicyclic) bond motifs is 1. The Balaban J connectivity index is 1.94. The van der Waals surface area contributed by atoms with Crippen molar-refractivity contribution in [3.63, 3.8) is 0 Å². The Hall–Kier alpha value is -2.17. The number of nitrogen functional groups attached to an aromatic ring is 1. The van der Waals surface area contributed by atoms with Gasteiger partial charge in [-0.25, -0.2) is 0 Å². The standard InChI is InChI=1S/C14H17N3O2/c1-9-5-10(2)17(16-9)8-11-6-13-14(7-12(11)15)19-4-3-18-13/h5-7H,3-4,8,15H2,1-2H3. The fourth-order valence-corrected chi connectivity index (χ4v) is 2.28. The fourth-order valence-electron chi connectivity index (χ4n) is 2.28. The molecule has 0 unspecified atom stereocenters. The molecular weight excluding hydrogens is 242 g/mol. The summed E-state index contributed by atoms with van der Waals surface area (Å²) in [6.07, 6.45) is 0. The second-order valence-electron chi connectivity index (χ2n) is 4.78. The number of benzene rings is 1. The zero-order chi connectivity index (χ0) is 13.4. The van der Waals surface area contributed by atoms with E-state index in [0.717, 1.165) is 28.5 Å². The lowest BCUT2D eigenvalue weighted by atomic mass is 10.1. The van der Waals surface area contributed by atoms with Crippen LogP contribution in [0, 0.1) is 13.8 Å². The minimum atomic E-state index is 0.573. The maximum Gasteiger partial charge on any atom is 0.163 e. The molecule has 0 fully saturated rings. The van der Waals surface area contributed by atoms with Crippen molar-refractivity contribution in [1.29, 1.82) is 0 Å². The summed E-state index contributed by atoms with van der Waals surface area (Å²) in [5.74, 6) is 1.48. The molecule has 3 rings (SSSR count). The third-order valence-corrected chi connectivity index (χ3v) is 3.23. The number of hydrogen-bond donors (Lipinski definition) is 1. The Bertz CT molecular complexity index is 619. The number of anilines is 1. The molecule has 0 saturated carbocycles. The van der Waals surface area contributed by atoms with E-state index in [0.29, 0.717) is 25.4 Å². The third-order valence-electron chi connectivity index (χ3n) is 3.23. The van der Waals surface area contributed by atoms with E-state index in [2.05, 4.69) is 5.10 Å². The van der Waals surface area contributed by atoms with Gasteiger partial charge >= 0.3 is 0 Å². The van der Waals surface area contributed by atoms with Crippen LogP contribution < -0.4 is 15.2 Å². The highest BCUT2D eigenvalue weighted by molar-refractivity contribution is 5.58. The average molecular weight is 259 g/mol. The van der Waals surface area contributed by atoms with Crippen molar-refractivity contribution < 1.29 is 9.47 Å². The minimum Gasteiger partial charge on any atom is -0.486 e. The second-order valence-corrected chi connectivity index (χ2v) is 4.78. The molecule has 2 aromatic rings. The molecule has 1 aromatic carbocycles. The lowest BCUT2D eigenvalue weighted by molar-refractivity contribution is 0.171. The molecule has 0 amide bonds. The van der Waals surface area contributed by atoms with Crippen LogP contribution in [-0.4, -0.2) is 23.0 Å². The summed E-state index contributed by atoms with van der Waals surface area (Å²) in [5.41, 5.74) is 9.90. The third kappa shape index (κ3) is 2.23. The Morgan fingerprint density at radius 3 is 2.47 bits per heavy atom. The largest absolute Gasteiger partial charge is 0.486 e. The molecule has 0 spiro atoms. The molecule has 5 nitrogen and oxygen atoms in total. The Kier molecular flexibility index (Phi) is 2.81. The Morgan fingerprint density at radius 2 is 1.84 bits per heavy atom. The highest BCUT2D eigenvalue weighted by atomic mass is 16.6. The van der Waals surface area contributed by atoms with Crippen LogP contribution in [0.1, 0.15) is 17.0 Å². The second kappa shape index (κ2) is 4.50. The number of ether oxygens (including phenoxy) is 2. The Labute approximate surface area is 111 Å². The number of aryl methyl sites for hydroxylation is 2. The summed E-state index contributed by atoms with van der Waals surface area (Å²) >= 11 is 0. The summed E-state index contributed by atoms with van der Waals surface area (Å²) in [7, 11) is 0. The van der Waals surface area contributed by atoms with Gasteiger partial charge in [0.15, 0.2) is 11.5 Å². The molecule has 0 bridgehead atoms. The molecule has 5 heteroatoms. The predicted octanol–water partition coefficient (Wildman–Crippen LogP) is 1.90. The van der Waals surface area contributed by atoms with Gasteiger partial charge in [0, 0.05) is 23.0 Å². The molecule has 1 aromatic heterocycles. The van der Waals surface area contributed by atoms with E-state index in [1.165, 1.54) is 0 Å². The molecule has 1 aliphatic heterocycles. The van der Waals surface area contributed by atoms with Crippen LogP contribution in [0.4, 0.5) is 5.69 Å². The molecule has 0 radical (unpaired) electrons. The van der Waals surface area contributed by atoms with Crippen LogP contribution in [0.15, 0.2) is 18.2 Å². The summed E-state index contributed by atoms with van der Waals surface area (Å²) < 4.78 is 13.0. The van der Waals surface area contributed by atoms with Gasteiger partial charge in [0.2, 0.25) is 0 Å². The van der Waals surface area contributed by atoms with E-state index >= 15 is 0 Å². The summed E-state index contributed by atoms with van der Waals surface area (Å²) in [6, 6.07) is 5.82. The number of rotatable bonds is 2. The topological polar surface area (TPSA) is 62.3 Å². The molecule has 19 heavy (non-hydrogen) atoms. The quantitative estimate of drug-likeness (QED) is 0.837. The number of aromatic nitrogens is 2. The molecular formula is C14H17N3O2. The van der Waals surface area contributed by atoms with Gasteiger partial charge in [-0.2, -0.15) is 5.10 Å². The molecule has 2 heterocycles. The Morgan fingerprint density at radius 1 is 1.16 bits per heavy atom. The van der Waals surface area contributed by atoms with E-state index in [-0.39, 0.29) is 0 Å².